The number of anilines is 1. The second-order valence-corrected chi connectivity index (χ2v) is 5.67. The van der Waals surface area contributed by atoms with Crippen molar-refractivity contribution in [2.24, 2.45) is 5.92 Å². The molecule has 3 nitrogen and oxygen atoms in total. The topological polar surface area (TPSA) is 24.5 Å². The molecule has 1 unspecified atom stereocenters. The lowest BCUT2D eigenvalue weighted by molar-refractivity contribution is 0.482. The van der Waals surface area contributed by atoms with Crippen molar-refractivity contribution in [2.45, 2.75) is 6.92 Å². The number of benzene rings is 2. The van der Waals surface area contributed by atoms with Crippen molar-refractivity contribution in [1.82, 2.24) is 5.32 Å². The Kier molecular flexibility index (Phi) is 4.41. The van der Waals surface area contributed by atoms with Gasteiger partial charge in [-0.25, -0.2) is 0 Å². The molecule has 2 aromatic carbocycles. The van der Waals surface area contributed by atoms with E-state index in [1.807, 2.05) is 36.4 Å². The SMILES string of the molecule is CC1CNCCN(c2cccc(Oc3ccccc3)c2)C1. The van der Waals surface area contributed by atoms with Crippen molar-refractivity contribution in [3.8, 4) is 11.5 Å². The molecular formula is C18H22N2O. The van der Waals surface area contributed by atoms with Crippen LogP contribution in [0.5, 0.6) is 11.5 Å². The van der Waals surface area contributed by atoms with Gasteiger partial charge in [-0.3, -0.25) is 0 Å². The Morgan fingerprint density at radius 1 is 1.05 bits per heavy atom. The molecule has 1 aliphatic rings. The number of ether oxygens (including phenoxy) is 1. The largest absolute Gasteiger partial charge is 0.457 e. The third-order valence-electron chi connectivity index (χ3n) is 3.75. The Hall–Kier alpha value is -2.00. The average Bonchev–Trinajstić information content (AvgIpc) is 2.73. The molecule has 0 radical (unpaired) electrons. The van der Waals surface area contributed by atoms with Gasteiger partial charge in [0.05, 0.1) is 0 Å². The van der Waals surface area contributed by atoms with Gasteiger partial charge in [-0.2, -0.15) is 0 Å². The standard InChI is InChI=1S/C18H22N2O/c1-15-13-19-10-11-20(14-15)16-6-5-9-18(12-16)21-17-7-3-2-4-8-17/h2-9,12,15,19H,10-11,13-14H2,1H3. The number of rotatable bonds is 3. The smallest absolute Gasteiger partial charge is 0.129 e. The first-order chi connectivity index (χ1) is 10.3. The second kappa shape index (κ2) is 6.64. The van der Waals surface area contributed by atoms with Gasteiger partial charge in [-0.05, 0) is 36.7 Å². The van der Waals surface area contributed by atoms with E-state index >= 15 is 0 Å². The Morgan fingerprint density at radius 2 is 1.86 bits per heavy atom. The summed E-state index contributed by atoms with van der Waals surface area (Å²) >= 11 is 0. The predicted octanol–water partition coefficient (Wildman–Crippen LogP) is 3.52. The van der Waals surface area contributed by atoms with Crippen LogP contribution in [0.1, 0.15) is 6.92 Å². The van der Waals surface area contributed by atoms with Crippen LogP contribution < -0.4 is 15.0 Å². The summed E-state index contributed by atoms with van der Waals surface area (Å²) < 4.78 is 5.93. The lowest BCUT2D eigenvalue weighted by Gasteiger charge is -2.25. The van der Waals surface area contributed by atoms with Crippen molar-refractivity contribution < 1.29 is 4.74 Å². The van der Waals surface area contributed by atoms with E-state index in [1.165, 1.54) is 5.69 Å². The molecule has 1 atom stereocenters. The van der Waals surface area contributed by atoms with Crippen molar-refractivity contribution >= 4 is 5.69 Å². The summed E-state index contributed by atoms with van der Waals surface area (Å²) in [5.74, 6) is 2.43. The molecule has 0 aliphatic carbocycles. The highest BCUT2D eigenvalue weighted by molar-refractivity contribution is 5.51. The van der Waals surface area contributed by atoms with Crippen LogP contribution in [0.25, 0.3) is 0 Å². The molecule has 0 saturated carbocycles. The molecule has 3 rings (SSSR count). The molecular weight excluding hydrogens is 260 g/mol. The summed E-state index contributed by atoms with van der Waals surface area (Å²) in [4.78, 5) is 2.43. The molecule has 1 fully saturated rings. The summed E-state index contributed by atoms with van der Waals surface area (Å²) in [6.07, 6.45) is 0. The lowest BCUT2D eigenvalue weighted by Crippen LogP contribution is -2.29. The van der Waals surface area contributed by atoms with Crippen molar-refractivity contribution in [1.29, 1.82) is 0 Å². The van der Waals surface area contributed by atoms with E-state index in [2.05, 4.69) is 35.3 Å². The zero-order valence-corrected chi connectivity index (χ0v) is 12.5. The normalized spacial score (nSPS) is 19.1. The van der Waals surface area contributed by atoms with Gasteiger partial charge >= 0.3 is 0 Å². The van der Waals surface area contributed by atoms with Crippen LogP contribution in [0.3, 0.4) is 0 Å². The van der Waals surface area contributed by atoms with Gasteiger partial charge in [-0.1, -0.05) is 31.2 Å². The summed E-state index contributed by atoms with van der Waals surface area (Å²) in [5, 5.41) is 3.48. The maximum Gasteiger partial charge on any atom is 0.129 e. The fraction of sp³-hybridized carbons (Fsp3) is 0.333. The van der Waals surface area contributed by atoms with Gasteiger partial charge < -0.3 is 15.0 Å². The molecule has 0 spiro atoms. The summed E-state index contributed by atoms with van der Waals surface area (Å²) in [5.41, 5.74) is 1.24. The molecule has 3 heteroatoms. The Morgan fingerprint density at radius 3 is 2.71 bits per heavy atom. The van der Waals surface area contributed by atoms with Crippen LogP contribution in [-0.2, 0) is 0 Å². The van der Waals surface area contributed by atoms with Crippen LogP contribution >= 0.6 is 0 Å². The minimum atomic E-state index is 0.659. The molecule has 110 valence electrons. The Labute approximate surface area is 126 Å². The van der Waals surface area contributed by atoms with Crippen LogP contribution in [0, 0.1) is 5.92 Å². The highest BCUT2D eigenvalue weighted by Crippen LogP contribution is 2.26. The van der Waals surface area contributed by atoms with E-state index in [1.54, 1.807) is 0 Å². The van der Waals surface area contributed by atoms with E-state index in [4.69, 9.17) is 4.74 Å². The van der Waals surface area contributed by atoms with Crippen molar-refractivity contribution in [3.63, 3.8) is 0 Å². The molecule has 1 heterocycles. The maximum absolute atomic E-state index is 5.93. The third kappa shape index (κ3) is 3.76. The zero-order chi connectivity index (χ0) is 14.5. The highest BCUT2D eigenvalue weighted by Gasteiger charge is 2.15. The molecule has 1 saturated heterocycles. The Bertz CT molecular complexity index is 570. The van der Waals surface area contributed by atoms with Gasteiger partial charge in [-0.15, -0.1) is 0 Å². The first-order valence-electron chi connectivity index (χ1n) is 7.60. The number of nitrogens with one attached hydrogen (secondary N) is 1. The zero-order valence-electron chi connectivity index (χ0n) is 12.5. The van der Waals surface area contributed by atoms with Crippen molar-refractivity contribution in [3.05, 3.63) is 54.6 Å². The average molecular weight is 282 g/mol. The third-order valence-corrected chi connectivity index (χ3v) is 3.75. The van der Waals surface area contributed by atoms with Crippen LogP contribution in [-0.4, -0.2) is 26.2 Å². The van der Waals surface area contributed by atoms with E-state index in [9.17, 15) is 0 Å². The molecule has 0 bridgehead atoms. The molecule has 2 aromatic rings. The fourth-order valence-electron chi connectivity index (χ4n) is 2.70. The van der Waals surface area contributed by atoms with E-state index in [-0.39, 0.29) is 0 Å². The van der Waals surface area contributed by atoms with Gasteiger partial charge in [0.1, 0.15) is 11.5 Å². The number of nitrogens with zero attached hydrogens (tertiary/aromatic N) is 1. The minimum Gasteiger partial charge on any atom is -0.457 e. The minimum absolute atomic E-state index is 0.659. The van der Waals surface area contributed by atoms with Gasteiger partial charge in [0.15, 0.2) is 0 Å². The maximum atomic E-state index is 5.93. The van der Waals surface area contributed by atoms with Crippen molar-refractivity contribution in [2.75, 3.05) is 31.1 Å². The number of para-hydroxylation sites is 1. The summed E-state index contributed by atoms with van der Waals surface area (Å²) in [7, 11) is 0. The first kappa shape index (κ1) is 14.0. The van der Waals surface area contributed by atoms with Crippen LogP contribution in [0.15, 0.2) is 54.6 Å². The number of hydrogen-bond acceptors (Lipinski definition) is 3. The lowest BCUT2D eigenvalue weighted by atomic mass is 10.1. The first-order valence-corrected chi connectivity index (χ1v) is 7.60. The summed E-state index contributed by atoms with van der Waals surface area (Å²) in [6, 6.07) is 18.3. The van der Waals surface area contributed by atoms with E-state index < -0.39 is 0 Å². The number of hydrogen-bond donors (Lipinski definition) is 1. The fourth-order valence-corrected chi connectivity index (χ4v) is 2.70. The monoisotopic (exact) mass is 282 g/mol. The second-order valence-electron chi connectivity index (χ2n) is 5.67. The van der Waals surface area contributed by atoms with E-state index in [0.29, 0.717) is 5.92 Å². The molecule has 1 aliphatic heterocycles. The quantitative estimate of drug-likeness (QED) is 0.932. The van der Waals surface area contributed by atoms with Crippen LogP contribution in [0.4, 0.5) is 5.69 Å². The predicted molar refractivity (Wildman–Crippen MR) is 87.2 cm³/mol. The molecule has 0 aromatic heterocycles. The molecule has 1 N–H and O–H groups in total. The van der Waals surface area contributed by atoms with Crippen LogP contribution in [0.2, 0.25) is 0 Å². The highest BCUT2D eigenvalue weighted by atomic mass is 16.5. The van der Waals surface area contributed by atoms with Gasteiger partial charge in [0.25, 0.3) is 0 Å². The molecule has 0 amide bonds. The Balaban J connectivity index is 1.76. The van der Waals surface area contributed by atoms with Gasteiger partial charge in [0.2, 0.25) is 0 Å². The van der Waals surface area contributed by atoms with E-state index in [0.717, 1.165) is 37.7 Å². The molecule has 21 heavy (non-hydrogen) atoms. The summed E-state index contributed by atoms with van der Waals surface area (Å²) in [6.45, 7) is 6.54. The van der Waals surface area contributed by atoms with Gasteiger partial charge in [0, 0.05) is 31.4 Å².